The Hall–Kier alpha value is -2.06. The summed E-state index contributed by atoms with van der Waals surface area (Å²) >= 11 is 1.77. The number of esters is 1. The number of carboxylic acids is 1. The Morgan fingerprint density at radius 1 is 1.29 bits per heavy atom. The number of carbonyl (C=O) groups excluding carboxylic acids is 2. The number of aliphatic carboxylic acids is 1. The number of nitrogens with zero attached hydrogens (tertiary/aromatic N) is 1. The van der Waals surface area contributed by atoms with Crippen molar-refractivity contribution in [1.82, 2.24) is 10.2 Å². The fraction of sp³-hybridized carbons (Fsp3) is 0.609. The average molecular weight is 449 g/mol. The number of hydrogen-bond donors (Lipinski definition) is 2. The lowest BCUT2D eigenvalue weighted by Gasteiger charge is -2.39. The van der Waals surface area contributed by atoms with Crippen LogP contribution in [0.3, 0.4) is 0 Å². The van der Waals surface area contributed by atoms with Crippen molar-refractivity contribution in [3.63, 3.8) is 0 Å². The fourth-order valence-corrected chi connectivity index (χ4v) is 6.12. The molecule has 1 aromatic rings. The van der Waals surface area contributed by atoms with Crippen LogP contribution in [-0.2, 0) is 25.5 Å². The minimum Gasteiger partial charge on any atom is -0.480 e. The van der Waals surface area contributed by atoms with Crippen LogP contribution in [0.2, 0.25) is 0 Å². The van der Waals surface area contributed by atoms with E-state index in [0.717, 1.165) is 23.5 Å². The van der Waals surface area contributed by atoms with Crippen LogP contribution in [-0.4, -0.2) is 69.6 Å². The largest absolute Gasteiger partial charge is 0.480 e. The van der Waals surface area contributed by atoms with E-state index >= 15 is 0 Å². The van der Waals surface area contributed by atoms with Crippen LogP contribution in [0.15, 0.2) is 30.3 Å². The third kappa shape index (κ3) is 5.41. The van der Waals surface area contributed by atoms with Crippen LogP contribution < -0.4 is 5.32 Å². The number of hydrogen-bond acceptors (Lipinski definition) is 6. The third-order valence-electron chi connectivity index (χ3n) is 6.27. The van der Waals surface area contributed by atoms with Gasteiger partial charge in [-0.05, 0) is 57.3 Å². The Labute approximate surface area is 187 Å². The molecule has 0 radical (unpaired) electrons. The quantitative estimate of drug-likeness (QED) is 0.560. The van der Waals surface area contributed by atoms with Crippen molar-refractivity contribution in [3.8, 4) is 0 Å². The third-order valence-corrected chi connectivity index (χ3v) is 7.50. The number of thioether (sulfide) groups is 1. The van der Waals surface area contributed by atoms with Crippen LogP contribution in [0.1, 0.15) is 45.1 Å². The summed E-state index contributed by atoms with van der Waals surface area (Å²) in [5, 5.41) is 12.9. The molecule has 170 valence electrons. The minimum absolute atomic E-state index is 0.249. The molecule has 2 aliphatic heterocycles. The normalized spacial score (nSPS) is 24.8. The maximum atomic E-state index is 13.5. The summed E-state index contributed by atoms with van der Waals surface area (Å²) in [7, 11) is 0. The number of carboxylic acid groups (broad SMARTS) is 1. The molecule has 2 heterocycles. The Morgan fingerprint density at radius 3 is 2.65 bits per heavy atom. The van der Waals surface area contributed by atoms with Gasteiger partial charge in [-0.15, -0.1) is 0 Å². The number of likely N-dealkylation sites (tertiary alicyclic amines) is 1. The fourth-order valence-electron chi connectivity index (χ4n) is 4.64. The maximum absolute atomic E-state index is 13.5. The summed E-state index contributed by atoms with van der Waals surface area (Å²) in [6.45, 7) is 3.73. The molecule has 0 aromatic heterocycles. The van der Waals surface area contributed by atoms with Crippen LogP contribution >= 0.6 is 11.8 Å². The van der Waals surface area contributed by atoms with E-state index in [0.29, 0.717) is 25.7 Å². The van der Waals surface area contributed by atoms with Gasteiger partial charge in [-0.2, -0.15) is 11.8 Å². The number of rotatable bonds is 9. The van der Waals surface area contributed by atoms with Crippen molar-refractivity contribution >= 4 is 29.6 Å². The van der Waals surface area contributed by atoms with Crippen LogP contribution in [0.5, 0.6) is 0 Å². The molecule has 0 aliphatic carbocycles. The van der Waals surface area contributed by atoms with Crippen molar-refractivity contribution in [2.24, 2.45) is 0 Å². The molecule has 2 unspecified atom stereocenters. The molecular weight excluding hydrogens is 416 g/mol. The topological polar surface area (TPSA) is 95.9 Å². The molecule has 1 aromatic carbocycles. The van der Waals surface area contributed by atoms with E-state index < -0.39 is 24.1 Å². The second-order valence-corrected chi connectivity index (χ2v) is 9.45. The lowest BCUT2D eigenvalue weighted by Crippen LogP contribution is -2.59. The zero-order valence-corrected chi connectivity index (χ0v) is 19.0. The molecule has 7 nitrogen and oxygen atoms in total. The highest BCUT2D eigenvalue weighted by Gasteiger charge is 2.53. The van der Waals surface area contributed by atoms with Crippen molar-refractivity contribution in [3.05, 3.63) is 35.9 Å². The number of benzene rings is 1. The number of amides is 1. The van der Waals surface area contributed by atoms with Crippen LogP contribution in [0.4, 0.5) is 0 Å². The highest BCUT2D eigenvalue weighted by atomic mass is 32.2. The van der Waals surface area contributed by atoms with Crippen molar-refractivity contribution in [2.45, 2.75) is 69.6 Å². The molecule has 0 saturated carbocycles. The number of nitrogens with one attached hydrogen (secondary N) is 1. The van der Waals surface area contributed by atoms with Gasteiger partial charge in [0.15, 0.2) is 0 Å². The summed E-state index contributed by atoms with van der Waals surface area (Å²) in [6.07, 6.45) is 3.16. The molecular formula is C23H32N2O5S. The first kappa shape index (κ1) is 23.6. The van der Waals surface area contributed by atoms with Crippen molar-refractivity contribution < 1.29 is 24.2 Å². The van der Waals surface area contributed by atoms with Crippen molar-refractivity contribution in [1.29, 1.82) is 0 Å². The maximum Gasteiger partial charge on any atom is 0.326 e. The lowest BCUT2D eigenvalue weighted by atomic mass is 9.95. The van der Waals surface area contributed by atoms with Gasteiger partial charge in [0.1, 0.15) is 12.1 Å². The average Bonchev–Trinajstić information content (AvgIpc) is 3.38. The number of carbonyl (C=O) groups is 3. The highest BCUT2D eigenvalue weighted by Crippen LogP contribution is 2.44. The Balaban J connectivity index is 1.72. The molecule has 2 saturated heterocycles. The Morgan fingerprint density at radius 2 is 2.03 bits per heavy atom. The van der Waals surface area contributed by atoms with Crippen molar-refractivity contribution in [2.75, 3.05) is 18.1 Å². The van der Waals surface area contributed by atoms with E-state index in [4.69, 9.17) is 4.74 Å². The first-order chi connectivity index (χ1) is 14.9. The molecule has 2 aliphatic rings. The molecule has 2 N–H and O–H groups in total. The van der Waals surface area contributed by atoms with E-state index in [1.807, 2.05) is 30.3 Å². The molecule has 0 bridgehead atoms. The van der Waals surface area contributed by atoms with Gasteiger partial charge in [-0.25, -0.2) is 4.79 Å². The Kier molecular flexibility index (Phi) is 8.00. The monoisotopic (exact) mass is 448 g/mol. The molecule has 1 spiro atoms. The van der Waals surface area contributed by atoms with Gasteiger partial charge in [0.2, 0.25) is 5.91 Å². The molecule has 1 amide bonds. The summed E-state index contributed by atoms with van der Waals surface area (Å²) in [6, 6.07) is 7.71. The van der Waals surface area contributed by atoms with Gasteiger partial charge >= 0.3 is 11.9 Å². The second-order valence-electron chi connectivity index (χ2n) is 8.35. The van der Waals surface area contributed by atoms with Gasteiger partial charge < -0.3 is 14.7 Å². The van der Waals surface area contributed by atoms with Crippen LogP contribution in [0.25, 0.3) is 0 Å². The smallest absolute Gasteiger partial charge is 0.326 e. The van der Waals surface area contributed by atoms with Gasteiger partial charge in [-0.1, -0.05) is 30.3 Å². The summed E-state index contributed by atoms with van der Waals surface area (Å²) in [4.78, 5) is 39.5. The predicted molar refractivity (Wildman–Crippen MR) is 120 cm³/mol. The second kappa shape index (κ2) is 10.5. The zero-order chi connectivity index (χ0) is 22.4. The summed E-state index contributed by atoms with van der Waals surface area (Å²) < 4.78 is 5.23. The summed E-state index contributed by atoms with van der Waals surface area (Å²) in [5.41, 5.74) is 0.717. The lowest BCUT2D eigenvalue weighted by molar-refractivity contribution is -0.153. The zero-order valence-electron chi connectivity index (χ0n) is 18.2. The number of aryl methyl sites for hydroxylation is 1. The first-order valence-electron chi connectivity index (χ1n) is 11.0. The van der Waals surface area contributed by atoms with Crippen LogP contribution in [0, 0.1) is 0 Å². The van der Waals surface area contributed by atoms with E-state index in [2.05, 4.69) is 5.32 Å². The van der Waals surface area contributed by atoms with Gasteiger partial charge in [-0.3, -0.25) is 14.9 Å². The van der Waals surface area contributed by atoms with E-state index in [1.165, 1.54) is 0 Å². The summed E-state index contributed by atoms with van der Waals surface area (Å²) in [5.74, 6) is 0.104. The first-order valence-corrected chi connectivity index (χ1v) is 12.1. The number of ether oxygens (including phenoxy) is 1. The van der Waals surface area contributed by atoms with Gasteiger partial charge in [0, 0.05) is 5.75 Å². The molecule has 31 heavy (non-hydrogen) atoms. The molecule has 3 rings (SSSR count). The molecule has 2 fully saturated rings. The Bertz CT molecular complexity index is 781. The molecule has 8 heteroatoms. The minimum atomic E-state index is -0.958. The molecule has 4 atom stereocenters. The SMILES string of the molecule is CCOC(=O)C(CCc1ccccc1)N[C@@H](C)C(=O)N1[C@H](C(=O)O)CCC12CCSC2. The van der Waals surface area contributed by atoms with E-state index in [1.54, 1.807) is 30.5 Å². The van der Waals surface area contributed by atoms with E-state index in [-0.39, 0.29) is 24.0 Å². The highest BCUT2D eigenvalue weighted by molar-refractivity contribution is 7.99. The standard InChI is InChI=1S/C23H32N2O5S/c1-3-30-22(29)18(10-9-17-7-5-4-6-8-17)24-16(2)20(26)25-19(21(27)28)11-12-23(25)13-14-31-15-23/h4-8,16,18-19,24H,3,9-15H2,1-2H3,(H,27,28)/t16-,18?,19-,23?/m0/s1. The van der Waals surface area contributed by atoms with Gasteiger partial charge in [0.05, 0.1) is 18.2 Å². The van der Waals surface area contributed by atoms with Gasteiger partial charge in [0.25, 0.3) is 0 Å². The van der Waals surface area contributed by atoms with E-state index in [9.17, 15) is 19.5 Å². The predicted octanol–water partition coefficient (Wildman–Crippen LogP) is 2.48.